The number of nitrogens with two attached hydrogens (primary N) is 1. The smallest absolute Gasteiger partial charge is 0.241 e. The van der Waals surface area contributed by atoms with Crippen molar-refractivity contribution in [1.29, 1.82) is 0 Å². The van der Waals surface area contributed by atoms with Crippen molar-refractivity contribution in [2.45, 2.75) is 25.7 Å². The highest BCUT2D eigenvalue weighted by atomic mass is 16.1. The second kappa shape index (κ2) is 3.70. The summed E-state index contributed by atoms with van der Waals surface area (Å²) in [5.41, 5.74) is 8.71. The van der Waals surface area contributed by atoms with Crippen LogP contribution in [0.4, 0.5) is 0 Å². The first-order valence-corrected chi connectivity index (χ1v) is 4.94. The summed E-state index contributed by atoms with van der Waals surface area (Å²) >= 11 is 0. The number of nitrogens with one attached hydrogen (secondary N) is 1. The van der Waals surface area contributed by atoms with E-state index in [0.717, 1.165) is 18.5 Å². The summed E-state index contributed by atoms with van der Waals surface area (Å²) in [7, 11) is 0. The summed E-state index contributed by atoms with van der Waals surface area (Å²) in [6.07, 6.45) is 7.92. The van der Waals surface area contributed by atoms with Crippen molar-refractivity contribution in [3.05, 3.63) is 29.1 Å². The number of rotatable bonds is 2. The molecule has 1 aliphatic carbocycles. The minimum atomic E-state index is -0.405. The first-order chi connectivity index (χ1) is 6.75. The van der Waals surface area contributed by atoms with Crippen LogP contribution < -0.4 is 5.73 Å². The molecule has 1 amide bonds. The van der Waals surface area contributed by atoms with Crippen LogP contribution in [0, 0.1) is 0 Å². The molecule has 0 unspecified atom stereocenters. The molecule has 1 aromatic heterocycles. The highest BCUT2D eigenvalue weighted by Crippen LogP contribution is 2.21. The third kappa shape index (κ3) is 1.87. The first kappa shape index (κ1) is 9.06. The molecule has 0 atom stereocenters. The van der Waals surface area contributed by atoms with Crippen molar-refractivity contribution >= 4 is 12.0 Å². The van der Waals surface area contributed by atoms with E-state index in [2.05, 4.69) is 11.1 Å². The van der Waals surface area contributed by atoms with Gasteiger partial charge in [0.1, 0.15) is 0 Å². The summed E-state index contributed by atoms with van der Waals surface area (Å²) in [5.74, 6) is -0.405. The lowest BCUT2D eigenvalue weighted by Gasteiger charge is -2.08. The van der Waals surface area contributed by atoms with E-state index < -0.39 is 5.91 Å². The number of hydrogen-bond acceptors (Lipinski definition) is 1. The maximum atomic E-state index is 10.5. The summed E-state index contributed by atoms with van der Waals surface area (Å²) in [6.45, 7) is 0. The van der Waals surface area contributed by atoms with E-state index in [-0.39, 0.29) is 0 Å². The van der Waals surface area contributed by atoms with Gasteiger partial charge in [-0.15, -0.1) is 0 Å². The molecule has 74 valence electrons. The average molecular weight is 190 g/mol. The molecule has 1 aromatic rings. The van der Waals surface area contributed by atoms with Gasteiger partial charge in [-0.05, 0) is 43.4 Å². The van der Waals surface area contributed by atoms with Crippen molar-refractivity contribution in [3.8, 4) is 0 Å². The Hall–Kier alpha value is -1.51. The van der Waals surface area contributed by atoms with E-state index in [4.69, 9.17) is 5.73 Å². The zero-order valence-electron chi connectivity index (χ0n) is 8.05. The van der Waals surface area contributed by atoms with Crippen LogP contribution in [0.15, 0.2) is 12.1 Å². The quantitative estimate of drug-likeness (QED) is 0.680. The van der Waals surface area contributed by atoms with Gasteiger partial charge in [-0.25, -0.2) is 0 Å². The molecule has 0 aliphatic heterocycles. The van der Waals surface area contributed by atoms with Crippen LogP contribution >= 0.6 is 0 Å². The van der Waals surface area contributed by atoms with Gasteiger partial charge < -0.3 is 10.7 Å². The minimum absolute atomic E-state index is 0.405. The topological polar surface area (TPSA) is 58.9 Å². The maximum Gasteiger partial charge on any atom is 0.241 e. The monoisotopic (exact) mass is 190 g/mol. The molecule has 0 aromatic carbocycles. The van der Waals surface area contributed by atoms with Gasteiger partial charge in [0, 0.05) is 17.5 Å². The van der Waals surface area contributed by atoms with Gasteiger partial charge in [0.25, 0.3) is 0 Å². The summed E-state index contributed by atoms with van der Waals surface area (Å²) < 4.78 is 0. The molecule has 0 bridgehead atoms. The Morgan fingerprint density at radius 2 is 2.21 bits per heavy atom. The molecular formula is C11H14N2O. The third-order valence-electron chi connectivity index (χ3n) is 2.56. The Kier molecular flexibility index (Phi) is 2.39. The second-order valence-electron chi connectivity index (χ2n) is 3.67. The number of carbonyl (C=O) groups is 1. The number of hydrogen-bond donors (Lipinski definition) is 2. The predicted molar refractivity (Wildman–Crippen MR) is 55.7 cm³/mol. The van der Waals surface area contributed by atoms with E-state index >= 15 is 0 Å². The van der Waals surface area contributed by atoms with Crippen molar-refractivity contribution in [2.75, 3.05) is 0 Å². The number of H-pyrrole nitrogens is 1. The molecule has 0 saturated carbocycles. The van der Waals surface area contributed by atoms with Crippen molar-refractivity contribution < 1.29 is 4.79 Å². The second-order valence-corrected chi connectivity index (χ2v) is 3.67. The van der Waals surface area contributed by atoms with Gasteiger partial charge in [0.15, 0.2) is 0 Å². The zero-order valence-corrected chi connectivity index (χ0v) is 8.05. The van der Waals surface area contributed by atoms with Gasteiger partial charge >= 0.3 is 0 Å². The van der Waals surface area contributed by atoms with Crippen molar-refractivity contribution in [3.63, 3.8) is 0 Å². The standard InChI is InChI=1S/C11H14N2O/c12-11(14)6-5-9-7-8-3-1-2-4-10(8)13-9/h5-7,13H,1-4H2,(H2,12,14)/b6-5+. The normalized spacial score (nSPS) is 15.7. The molecule has 1 heterocycles. The summed E-state index contributed by atoms with van der Waals surface area (Å²) in [5, 5.41) is 0. The van der Waals surface area contributed by atoms with Gasteiger partial charge in [-0.1, -0.05) is 0 Å². The van der Waals surface area contributed by atoms with Crippen LogP contribution in [0.2, 0.25) is 0 Å². The SMILES string of the molecule is NC(=O)/C=C/c1cc2c([nH]1)CCCC2. The fraction of sp³-hybridized carbons (Fsp3) is 0.364. The van der Waals surface area contributed by atoms with Crippen molar-refractivity contribution in [1.82, 2.24) is 4.98 Å². The lowest BCUT2D eigenvalue weighted by molar-refractivity contribution is -0.113. The van der Waals surface area contributed by atoms with E-state index in [1.165, 1.54) is 30.2 Å². The minimum Gasteiger partial charge on any atom is -0.366 e. The molecule has 0 fully saturated rings. The Bertz CT molecular complexity index is 353. The number of amides is 1. The molecule has 0 spiro atoms. The van der Waals surface area contributed by atoms with Gasteiger partial charge in [-0.2, -0.15) is 0 Å². The summed E-state index contributed by atoms with van der Waals surface area (Å²) in [6, 6.07) is 2.11. The van der Waals surface area contributed by atoms with Crippen LogP contribution in [-0.2, 0) is 17.6 Å². The van der Waals surface area contributed by atoms with Crippen LogP contribution in [0.25, 0.3) is 6.08 Å². The number of carbonyl (C=O) groups excluding carboxylic acids is 1. The van der Waals surface area contributed by atoms with E-state index in [1.54, 1.807) is 6.08 Å². The largest absolute Gasteiger partial charge is 0.366 e. The lowest BCUT2D eigenvalue weighted by atomic mass is 9.98. The number of fused-ring (bicyclic) bond motifs is 1. The van der Waals surface area contributed by atoms with Crippen molar-refractivity contribution in [2.24, 2.45) is 5.73 Å². The number of aryl methyl sites for hydroxylation is 2. The Balaban J connectivity index is 2.20. The van der Waals surface area contributed by atoms with Gasteiger partial charge in [0.2, 0.25) is 5.91 Å². The Morgan fingerprint density at radius 1 is 1.43 bits per heavy atom. The van der Waals surface area contributed by atoms with Crippen LogP contribution in [0.5, 0.6) is 0 Å². The lowest BCUT2D eigenvalue weighted by Crippen LogP contribution is -2.05. The Labute approximate surface area is 83.0 Å². The molecule has 3 nitrogen and oxygen atoms in total. The Morgan fingerprint density at radius 3 is 2.93 bits per heavy atom. The molecular weight excluding hydrogens is 176 g/mol. The highest BCUT2D eigenvalue weighted by molar-refractivity contribution is 5.90. The van der Waals surface area contributed by atoms with E-state index in [9.17, 15) is 4.79 Å². The molecule has 0 saturated heterocycles. The van der Waals surface area contributed by atoms with Crippen LogP contribution in [-0.4, -0.2) is 10.9 Å². The van der Waals surface area contributed by atoms with E-state index in [0.29, 0.717) is 0 Å². The molecule has 2 rings (SSSR count). The number of aromatic nitrogens is 1. The molecule has 0 radical (unpaired) electrons. The van der Waals surface area contributed by atoms with Gasteiger partial charge in [-0.3, -0.25) is 4.79 Å². The third-order valence-corrected chi connectivity index (χ3v) is 2.56. The zero-order chi connectivity index (χ0) is 9.97. The van der Waals surface area contributed by atoms with Crippen LogP contribution in [0.1, 0.15) is 29.8 Å². The van der Waals surface area contributed by atoms with E-state index in [1.807, 2.05) is 0 Å². The van der Waals surface area contributed by atoms with Gasteiger partial charge in [0.05, 0.1) is 0 Å². The number of aromatic amines is 1. The molecule has 1 aliphatic rings. The fourth-order valence-electron chi connectivity index (χ4n) is 1.89. The fourth-order valence-corrected chi connectivity index (χ4v) is 1.89. The molecule has 3 N–H and O–H groups in total. The average Bonchev–Trinajstić information content (AvgIpc) is 2.57. The molecule has 14 heavy (non-hydrogen) atoms. The highest BCUT2D eigenvalue weighted by Gasteiger charge is 2.10. The predicted octanol–water partition coefficient (Wildman–Crippen LogP) is 1.39. The molecule has 3 heteroatoms. The van der Waals surface area contributed by atoms with Crippen LogP contribution in [0.3, 0.4) is 0 Å². The number of primary amides is 1. The maximum absolute atomic E-state index is 10.5. The first-order valence-electron chi connectivity index (χ1n) is 4.94. The summed E-state index contributed by atoms with van der Waals surface area (Å²) in [4.78, 5) is 13.8.